The van der Waals surface area contributed by atoms with Gasteiger partial charge in [-0.25, -0.2) is 4.39 Å². The number of aliphatic hydroxyl groups is 1. The summed E-state index contributed by atoms with van der Waals surface area (Å²) in [5, 5.41) is 12.1. The highest BCUT2D eigenvalue weighted by Gasteiger charge is 2.16. The minimum atomic E-state index is -0.256. The molecule has 1 rings (SSSR count). The van der Waals surface area contributed by atoms with Crippen molar-refractivity contribution in [3.05, 3.63) is 30.1 Å². The quantitative estimate of drug-likeness (QED) is 0.724. The Morgan fingerprint density at radius 3 is 2.60 bits per heavy atom. The topological polar surface area (TPSA) is 49.3 Å². The Hall–Kier alpha value is -0.720. The van der Waals surface area contributed by atoms with Gasteiger partial charge in [0, 0.05) is 28.4 Å². The third-order valence-corrected chi connectivity index (χ3v) is 5.02. The lowest BCUT2D eigenvalue weighted by atomic mass is 10.2. The summed E-state index contributed by atoms with van der Waals surface area (Å²) >= 11 is 3.06. The van der Waals surface area contributed by atoms with E-state index in [9.17, 15) is 9.18 Å². The van der Waals surface area contributed by atoms with Gasteiger partial charge in [-0.1, -0.05) is 0 Å². The monoisotopic (exact) mass is 317 g/mol. The molecule has 1 aromatic rings. The zero-order valence-corrected chi connectivity index (χ0v) is 13.3. The summed E-state index contributed by atoms with van der Waals surface area (Å²) in [7, 11) is 0. The molecule has 112 valence electrons. The predicted molar refractivity (Wildman–Crippen MR) is 83.7 cm³/mol. The fraction of sp³-hybridized carbons (Fsp3) is 0.500. The van der Waals surface area contributed by atoms with E-state index < -0.39 is 0 Å². The maximum Gasteiger partial charge on any atom is 0.221 e. The average Bonchev–Trinajstić information content (AvgIpc) is 2.42. The average molecular weight is 317 g/mol. The summed E-state index contributed by atoms with van der Waals surface area (Å²) in [5.41, 5.74) is 0. The van der Waals surface area contributed by atoms with Crippen LogP contribution in [0.3, 0.4) is 0 Å². The highest BCUT2D eigenvalue weighted by molar-refractivity contribution is 7.99. The van der Waals surface area contributed by atoms with Crippen LogP contribution in [0.5, 0.6) is 0 Å². The van der Waals surface area contributed by atoms with Crippen molar-refractivity contribution in [1.82, 2.24) is 5.32 Å². The smallest absolute Gasteiger partial charge is 0.221 e. The summed E-state index contributed by atoms with van der Waals surface area (Å²) < 4.78 is 12.7. The second-order valence-corrected chi connectivity index (χ2v) is 6.61. The molecule has 0 aromatic heterocycles. The lowest BCUT2D eigenvalue weighted by Crippen LogP contribution is -2.41. The van der Waals surface area contributed by atoms with Crippen LogP contribution in [0.2, 0.25) is 0 Å². The standard InChI is InChI=1S/C14H20FNO2S2/c1-10(13(9-17)19-2)16-14(18)7-8-20-12-5-3-11(15)4-6-12/h3-6,10,13,17H,7-9H2,1-2H3,(H,16,18). The number of amides is 1. The predicted octanol–water partition coefficient (Wildman–Crippen LogP) is 2.54. The van der Waals surface area contributed by atoms with E-state index in [4.69, 9.17) is 5.11 Å². The number of rotatable bonds is 8. The molecule has 1 aromatic carbocycles. The van der Waals surface area contributed by atoms with Gasteiger partial charge in [0.15, 0.2) is 0 Å². The molecule has 2 unspecified atom stereocenters. The Morgan fingerprint density at radius 2 is 2.05 bits per heavy atom. The van der Waals surface area contributed by atoms with E-state index in [0.29, 0.717) is 12.2 Å². The van der Waals surface area contributed by atoms with E-state index in [-0.39, 0.29) is 29.6 Å². The van der Waals surface area contributed by atoms with E-state index >= 15 is 0 Å². The molecular formula is C14H20FNO2S2. The van der Waals surface area contributed by atoms with Crippen LogP contribution >= 0.6 is 23.5 Å². The molecule has 0 fully saturated rings. The molecule has 0 spiro atoms. The number of halogens is 1. The molecule has 2 N–H and O–H groups in total. The van der Waals surface area contributed by atoms with Crippen LogP contribution < -0.4 is 5.32 Å². The van der Waals surface area contributed by atoms with Crippen molar-refractivity contribution < 1.29 is 14.3 Å². The molecule has 0 radical (unpaired) electrons. The van der Waals surface area contributed by atoms with Crippen LogP contribution in [0, 0.1) is 5.82 Å². The molecule has 1 amide bonds. The molecule has 20 heavy (non-hydrogen) atoms. The first-order valence-corrected chi connectivity index (χ1v) is 8.65. The van der Waals surface area contributed by atoms with Gasteiger partial charge in [-0.3, -0.25) is 4.79 Å². The number of nitrogens with one attached hydrogen (secondary N) is 1. The van der Waals surface area contributed by atoms with Gasteiger partial charge in [-0.05, 0) is 37.4 Å². The number of carbonyl (C=O) groups excluding carboxylic acids is 1. The number of hydrogen-bond acceptors (Lipinski definition) is 4. The molecule has 0 bridgehead atoms. The summed E-state index contributed by atoms with van der Waals surface area (Å²) in [5.74, 6) is 0.361. The molecular weight excluding hydrogens is 297 g/mol. The molecule has 0 saturated heterocycles. The number of hydrogen-bond donors (Lipinski definition) is 2. The third kappa shape index (κ3) is 6.15. The van der Waals surface area contributed by atoms with Crippen LogP contribution in [0.1, 0.15) is 13.3 Å². The Bertz CT molecular complexity index is 410. The molecule has 3 nitrogen and oxygen atoms in total. The normalized spacial score (nSPS) is 13.8. The van der Waals surface area contributed by atoms with E-state index in [1.54, 1.807) is 12.1 Å². The van der Waals surface area contributed by atoms with Gasteiger partial charge in [0.05, 0.1) is 6.61 Å². The van der Waals surface area contributed by atoms with Gasteiger partial charge in [-0.2, -0.15) is 11.8 Å². The first kappa shape index (κ1) is 17.3. The molecule has 6 heteroatoms. The van der Waals surface area contributed by atoms with Gasteiger partial charge in [0.1, 0.15) is 5.82 Å². The van der Waals surface area contributed by atoms with Crippen molar-refractivity contribution >= 4 is 29.4 Å². The van der Waals surface area contributed by atoms with E-state index in [1.165, 1.54) is 35.7 Å². The van der Waals surface area contributed by atoms with Crippen molar-refractivity contribution in [3.63, 3.8) is 0 Å². The Kier molecular flexibility index (Phi) is 8.02. The lowest BCUT2D eigenvalue weighted by molar-refractivity contribution is -0.121. The van der Waals surface area contributed by atoms with Crippen LogP contribution in [-0.4, -0.2) is 40.9 Å². The number of thioether (sulfide) groups is 2. The number of carbonyl (C=O) groups is 1. The Balaban J connectivity index is 2.27. The summed E-state index contributed by atoms with van der Waals surface area (Å²) in [4.78, 5) is 12.7. The van der Waals surface area contributed by atoms with Crippen molar-refractivity contribution in [2.75, 3.05) is 18.6 Å². The van der Waals surface area contributed by atoms with E-state index in [1.807, 2.05) is 13.2 Å². The van der Waals surface area contributed by atoms with Crippen molar-refractivity contribution in [1.29, 1.82) is 0 Å². The second-order valence-electron chi connectivity index (χ2n) is 4.37. The molecule has 0 saturated carbocycles. The first-order valence-electron chi connectivity index (χ1n) is 6.38. The molecule has 0 aliphatic rings. The summed E-state index contributed by atoms with van der Waals surface area (Å²) in [6.45, 7) is 1.94. The minimum Gasteiger partial charge on any atom is -0.395 e. The SMILES string of the molecule is CSC(CO)C(C)NC(=O)CCSc1ccc(F)cc1. The van der Waals surface area contributed by atoms with Crippen molar-refractivity contribution in [2.24, 2.45) is 0 Å². The fourth-order valence-corrected chi connectivity index (χ4v) is 3.13. The first-order chi connectivity index (χ1) is 9.56. The summed E-state index contributed by atoms with van der Waals surface area (Å²) in [6, 6.07) is 6.17. The maximum atomic E-state index is 12.7. The van der Waals surface area contributed by atoms with E-state index in [2.05, 4.69) is 5.32 Å². The third-order valence-electron chi connectivity index (χ3n) is 2.84. The Morgan fingerprint density at radius 1 is 1.40 bits per heavy atom. The number of benzene rings is 1. The molecule has 0 heterocycles. The highest BCUT2D eigenvalue weighted by atomic mass is 32.2. The van der Waals surface area contributed by atoms with Gasteiger partial charge in [-0.15, -0.1) is 11.8 Å². The largest absolute Gasteiger partial charge is 0.395 e. The highest BCUT2D eigenvalue weighted by Crippen LogP contribution is 2.19. The zero-order chi connectivity index (χ0) is 15.0. The summed E-state index contributed by atoms with van der Waals surface area (Å²) in [6.07, 6.45) is 2.31. The molecule has 0 aliphatic heterocycles. The Labute approximate surface area is 127 Å². The van der Waals surface area contributed by atoms with Crippen molar-refractivity contribution in [3.8, 4) is 0 Å². The van der Waals surface area contributed by atoms with Gasteiger partial charge >= 0.3 is 0 Å². The zero-order valence-electron chi connectivity index (χ0n) is 11.6. The molecule has 2 atom stereocenters. The number of aliphatic hydroxyl groups excluding tert-OH is 1. The van der Waals surface area contributed by atoms with E-state index in [0.717, 1.165) is 4.90 Å². The van der Waals surface area contributed by atoms with Crippen LogP contribution in [0.15, 0.2) is 29.2 Å². The van der Waals surface area contributed by atoms with Crippen LogP contribution in [0.25, 0.3) is 0 Å². The minimum absolute atomic E-state index is 0.0173. The fourth-order valence-electron chi connectivity index (χ4n) is 1.65. The van der Waals surface area contributed by atoms with Gasteiger partial charge in [0.25, 0.3) is 0 Å². The molecule has 0 aliphatic carbocycles. The lowest BCUT2D eigenvalue weighted by Gasteiger charge is -2.21. The van der Waals surface area contributed by atoms with Gasteiger partial charge in [0.2, 0.25) is 5.91 Å². The van der Waals surface area contributed by atoms with Crippen LogP contribution in [0.4, 0.5) is 4.39 Å². The maximum absolute atomic E-state index is 12.7. The van der Waals surface area contributed by atoms with Crippen LogP contribution in [-0.2, 0) is 4.79 Å². The van der Waals surface area contributed by atoms with Crippen molar-refractivity contribution in [2.45, 2.75) is 29.5 Å². The second kappa shape index (κ2) is 9.26. The van der Waals surface area contributed by atoms with Gasteiger partial charge < -0.3 is 10.4 Å².